The van der Waals surface area contributed by atoms with Gasteiger partial charge in [0.15, 0.2) is 31.6 Å². The Morgan fingerprint density at radius 1 is 0.729 bits per heavy atom. The number of ketones is 2. The van der Waals surface area contributed by atoms with Crippen molar-refractivity contribution in [1.82, 2.24) is 0 Å². The van der Waals surface area contributed by atoms with Gasteiger partial charge >= 0.3 is 11.9 Å². The molecular formula is C69H96Cl2N2O12. The van der Waals surface area contributed by atoms with Gasteiger partial charge in [0.25, 0.3) is 0 Å². The van der Waals surface area contributed by atoms with Crippen LogP contribution >= 0.6 is 23.2 Å². The molecule has 2 saturated heterocycles. The van der Waals surface area contributed by atoms with Gasteiger partial charge in [-0.3, -0.25) is 19.2 Å². The number of rotatable bonds is 7. The van der Waals surface area contributed by atoms with Gasteiger partial charge in [-0.1, -0.05) is 125 Å². The predicted octanol–water partition coefficient (Wildman–Crippen LogP) is 13.1. The second kappa shape index (κ2) is 25.2. The summed E-state index contributed by atoms with van der Waals surface area (Å²) >= 11 is 14.4. The van der Waals surface area contributed by atoms with E-state index in [0.717, 1.165) is 40.2 Å². The molecule has 19 atom stereocenters. The van der Waals surface area contributed by atoms with E-state index in [2.05, 4.69) is 39.8 Å². The quantitative estimate of drug-likeness (QED) is 0.134. The molecule has 2 aromatic rings. The van der Waals surface area contributed by atoms with Crippen molar-refractivity contribution in [2.24, 2.45) is 74.0 Å². The molecule has 14 nitrogen and oxygen atoms in total. The number of aliphatic imine (C=N–C) groups is 1. The van der Waals surface area contributed by atoms with E-state index in [1.54, 1.807) is 26.0 Å². The second-order valence-electron chi connectivity index (χ2n) is 26.3. The van der Waals surface area contributed by atoms with Crippen molar-refractivity contribution in [1.29, 1.82) is 0 Å². The van der Waals surface area contributed by atoms with Crippen molar-refractivity contribution in [2.45, 2.75) is 183 Å². The summed E-state index contributed by atoms with van der Waals surface area (Å²) in [6.45, 7) is 20.3. The molecule has 85 heavy (non-hydrogen) atoms. The molecule has 2 aromatic carbocycles. The second-order valence-corrected chi connectivity index (χ2v) is 27.4. The summed E-state index contributed by atoms with van der Waals surface area (Å²) in [6.07, 6.45) is 14.2. The molecular weight excluding hydrogens is 1120 g/mol. The first kappa shape index (κ1) is 68.0. The van der Waals surface area contributed by atoms with Crippen molar-refractivity contribution >= 4 is 63.8 Å². The lowest BCUT2D eigenvalue weighted by atomic mass is 9.45. The Bertz CT molecular complexity index is 2980. The number of allylic oxidation sites excluding steroid dienone is 8. The number of nitrogens with two attached hydrogens (primary N) is 1. The van der Waals surface area contributed by atoms with Crippen LogP contribution in [-0.2, 0) is 47.6 Å². The van der Waals surface area contributed by atoms with Gasteiger partial charge in [-0.05, 0) is 142 Å². The zero-order valence-corrected chi connectivity index (χ0v) is 50.8. The average Bonchev–Trinajstić information content (AvgIpc) is 1.57. The Morgan fingerprint density at radius 2 is 1.28 bits per heavy atom. The molecule has 10 aliphatic rings. The SMILES string of the molecule is C.C.C.CCC(=O)OCC(=O)[C@@]1(OC(=O)CC)[C@H](C)C[C@H]2[C@H]3[C@H]([C@@H](O)C[C@@]21C)[C@@]1(C)C=CC(=Nc2cccc(C)c2)C=C1C[C@H]3Cl.C[C@@H]1C[C@H]2[C@H]3[C@H]([C@@H](O)C[C@]2(C)[C@]12OCOC21COCO1)[C@@]1(C)C=CC(=O)C=C1C[C@H]3Cl.Cc1cccc(N)c1. The molecule has 2 aliphatic heterocycles. The minimum Gasteiger partial charge on any atom is -0.457 e. The summed E-state index contributed by atoms with van der Waals surface area (Å²) in [5, 5.41) is 23.3. The van der Waals surface area contributed by atoms with Gasteiger partial charge in [-0.2, -0.15) is 0 Å². The monoisotopic (exact) mass is 1210 g/mol. The molecule has 8 fully saturated rings. The molecule has 2 spiro atoms. The van der Waals surface area contributed by atoms with E-state index in [1.807, 2.05) is 88.4 Å². The van der Waals surface area contributed by atoms with Crippen molar-refractivity contribution in [3.63, 3.8) is 0 Å². The fraction of sp³-hybridized carbons (Fsp3) is 0.638. The third-order valence-electron chi connectivity index (χ3n) is 21.8. The van der Waals surface area contributed by atoms with Crippen LogP contribution in [0, 0.1) is 82.9 Å². The molecule has 0 bridgehead atoms. The number of carbonyl (C=O) groups excluding carboxylic acids is 4. The van der Waals surface area contributed by atoms with Gasteiger partial charge < -0.3 is 44.4 Å². The Balaban J connectivity index is 0.000000215. The number of aliphatic hydroxyl groups is 2. The van der Waals surface area contributed by atoms with Gasteiger partial charge in [0.1, 0.15) is 12.2 Å². The van der Waals surface area contributed by atoms with Gasteiger partial charge in [0.2, 0.25) is 11.6 Å². The number of hydrogen-bond acceptors (Lipinski definition) is 14. The van der Waals surface area contributed by atoms with Gasteiger partial charge in [0.05, 0.1) is 23.6 Å². The lowest BCUT2D eigenvalue weighted by Gasteiger charge is -2.62. The van der Waals surface area contributed by atoms with Crippen LogP contribution < -0.4 is 5.73 Å². The number of Topliss-reactive ketones (excluding diaryl/α,β-unsaturated/α-hetero) is 1. The van der Waals surface area contributed by atoms with Crippen LogP contribution in [0.5, 0.6) is 0 Å². The van der Waals surface area contributed by atoms with Gasteiger partial charge in [-0.25, -0.2) is 4.99 Å². The summed E-state index contributed by atoms with van der Waals surface area (Å²) < 4.78 is 35.7. The van der Waals surface area contributed by atoms with Crippen molar-refractivity contribution in [3.8, 4) is 0 Å². The third-order valence-corrected chi connectivity index (χ3v) is 22.7. The van der Waals surface area contributed by atoms with E-state index >= 15 is 0 Å². The number of aliphatic hydroxyl groups excluding tert-OH is 2. The maximum Gasteiger partial charge on any atom is 0.306 e. The number of ether oxygens (including phenoxy) is 6. The molecule has 0 radical (unpaired) electrons. The smallest absolute Gasteiger partial charge is 0.306 e. The summed E-state index contributed by atoms with van der Waals surface area (Å²) in [7, 11) is 0. The van der Waals surface area contributed by atoms with Crippen LogP contribution in [-0.4, -0.2) is 106 Å². The number of nitrogens with zero attached hydrogens (tertiary/aromatic N) is 1. The van der Waals surface area contributed by atoms with Gasteiger partial charge in [-0.15, -0.1) is 23.2 Å². The number of anilines is 1. The highest BCUT2D eigenvalue weighted by molar-refractivity contribution is 6.21. The van der Waals surface area contributed by atoms with Crippen molar-refractivity contribution in [2.75, 3.05) is 32.5 Å². The highest BCUT2D eigenvalue weighted by Crippen LogP contribution is 2.74. The topological polar surface area (TPSA) is 202 Å². The molecule has 0 aromatic heterocycles. The first-order valence-corrected chi connectivity index (χ1v) is 30.5. The van der Waals surface area contributed by atoms with Crippen LogP contribution in [0.4, 0.5) is 11.4 Å². The molecule has 1 unspecified atom stereocenters. The number of alkyl halides is 2. The lowest BCUT2D eigenvalue weighted by molar-refractivity contribution is -0.265. The number of benzene rings is 2. The first-order valence-electron chi connectivity index (χ1n) is 29.6. The number of esters is 2. The van der Waals surface area contributed by atoms with Crippen LogP contribution in [0.2, 0.25) is 0 Å². The third kappa shape index (κ3) is 10.9. The number of fused-ring (bicyclic) bond motifs is 12. The molecule has 4 N–H and O–H groups in total. The number of carbonyl (C=O) groups is 4. The molecule has 12 rings (SSSR count). The van der Waals surface area contributed by atoms with Crippen LogP contribution in [0.15, 0.2) is 101 Å². The minimum absolute atomic E-state index is 0. The lowest BCUT2D eigenvalue weighted by Crippen LogP contribution is -2.68. The van der Waals surface area contributed by atoms with E-state index in [4.69, 9.17) is 62.3 Å². The largest absolute Gasteiger partial charge is 0.457 e. The minimum atomic E-state index is -1.53. The summed E-state index contributed by atoms with van der Waals surface area (Å²) in [5.41, 5.74) is 8.27. The van der Waals surface area contributed by atoms with E-state index < -0.39 is 64.4 Å². The molecule has 16 heteroatoms. The Morgan fingerprint density at radius 3 is 1.85 bits per heavy atom. The molecule has 6 saturated carbocycles. The maximum atomic E-state index is 14.1. The number of hydrogen-bond donors (Lipinski definition) is 3. The van der Waals surface area contributed by atoms with Crippen LogP contribution in [0.3, 0.4) is 0 Å². The highest BCUT2D eigenvalue weighted by Gasteiger charge is 2.80. The molecule has 468 valence electrons. The maximum absolute atomic E-state index is 14.1. The fourth-order valence-electron chi connectivity index (χ4n) is 18.4. The Hall–Kier alpha value is -4.51. The van der Waals surface area contributed by atoms with E-state index in [-0.39, 0.29) is 130 Å². The zero-order chi connectivity index (χ0) is 59.1. The molecule has 2 heterocycles. The van der Waals surface area contributed by atoms with Crippen molar-refractivity contribution < 1.29 is 57.8 Å². The standard InChI is InChI=1S/C35H44ClNO6.C24H31ClO6.C7H9N.3CH4/c1-7-29(40)42-19-28(39)35(43-30(41)8-2)21(4)15-25-31-26(36)17-22-16-24(37-23-11-9-10-20(3)14-23)12-13-33(22,5)32(31)27(38)18-34(25,35)6;1-13-6-16-19-17(25)8-14-7-15(26)4-5-21(14,2)20(19)18(27)9-22(16,3)24(13)23(30-12-31-24)10-28-11-29-23;1-6-3-2-4-7(8)5-6;;;/h9-14,16,21,25-27,31-32,38H,7-8,15,17-19H2,1-6H3;4-5,7,13,16-20,27H,6,8-12H2,1-3H3;2-5H,8H2,1H3;3*1H4/t21-,25+,26-,27+,31-,32+,33+,34+,35+;13-,16+,17-,18+,19-,20+,21+,22+,23?,24-;;;;/m11..../s1. The van der Waals surface area contributed by atoms with E-state index in [0.29, 0.717) is 32.3 Å². The zero-order valence-electron chi connectivity index (χ0n) is 49.3. The van der Waals surface area contributed by atoms with Crippen LogP contribution in [0.25, 0.3) is 0 Å². The molecule has 0 amide bonds. The Labute approximate surface area is 515 Å². The van der Waals surface area contributed by atoms with Crippen LogP contribution in [0.1, 0.15) is 140 Å². The normalized spacial score (nSPS) is 41.6. The molecule has 8 aliphatic carbocycles. The summed E-state index contributed by atoms with van der Waals surface area (Å²) in [6, 6.07) is 15.9. The number of halogens is 2. The fourth-order valence-corrected chi connectivity index (χ4v) is 19.4. The Kier molecular flexibility index (Phi) is 20.1. The van der Waals surface area contributed by atoms with E-state index in [1.165, 1.54) is 5.56 Å². The predicted molar refractivity (Wildman–Crippen MR) is 334 cm³/mol. The first-order chi connectivity index (χ1) is 38.8. The highest BCUT2D eigenvalue weighted by atomic mass is 35.5. The van der Waals surface area contributed by atoms with E-state index in [9.17, 15) is 29.4 Å². The summed E-state index contributed by atoms with van der Waals surface area (Å²) in [4.78, 5) is 55.9. The van der Waals surface area contributed by atoms with Gasteiger partial charge in [0, 0.05) is 68.7 Å². The van der Waals surface area contributed by atoms with Crippen molar-refractivity contribution in [3.05, 3.63) is 107 Å². The number of aryl methyl sites for hydroxylation is 2. The summed E-state index contributed by atoms with van der Waals surface area (Å²) in [5.74, 6) is -2.64. The number of nitrogen functional groups attached to an aromatic ring is 1. The average molecular weight is 1220 g/mol.